The summed E-state index contributed by atoms with van der Waals surface area (Å²) in [6.07, 6.45) is 0. The van der Waals surface area contributed by atoms with Crippen molar-refractivity contribution < 1.29 is 9.47 Å². The largest absolute Gasteiger partial charge is 0.492 e. The van der Waals surface area contributed by atoms with E-state index in [-0.39, 0.29) is 0 Å². The fourth-order valence-corrected chi connectivity index (χ4v) is 3.48. The number of ether oxygens (including phenoxy) is 2. The minimum Gasteiger partial charge on any atom is -0.492 e. The molecule has 0 amide bonds. The Balaban J connectivity index is 1.55. The molecule has 1 fully saturated rings. The monoisotopic (exact) mass is 348 g/mol. The standard InChI is InChI=1S/C17H24N4O2S/c1-3-21-16(20-8-10-22-11-9-20)18-19-17(21)24-13-12-23-15-7-5-4-6-14(15)2/h4-7H,3,8-13H2,1-2H3. The summed E-state index contributed by atoms with van der Waals surface area (Å²) in [5.74, 6) is 2.74. The Hall–Kier alpha value is -1.73. The van der Waals surface area contributed by atoms with Crippen molar-refractivity contribution in [2.24, 2.45) is 0 Å². The molecule has 0 atom stereocenters. The van der Waals surface area contributed by atoms with Gasteiger partial charge in [-0.3, -0.25) is 4.57 Å². The smallest absolute Gasteiger partial charge is 0.228 e. The molecule has 1 aliphatic heterocycles. The summed E-state index contributed by atoms with van der Waals surface area (Å²) < 4.78 is 13.4. The van der Waals surface area contributed by atoms with Crippen molar-refractivity contribution in [3.05, 3.63) is 29.8 Å². The first kappa shape index (κ1) is 17.1. The first-order valence-electron chi connectivity index (χ1n) is 8.36. The summed E-state index contributed by atoms with van der Waals surface area (Å²) >= 11 is 1.69. The lowest BCUT2D eigenvalue weighted by molar-refractivity contribution is 0.121. The van der Waals surface area contributed by atoms with E-state index in [9.17, 15) is 0 Å². The maximum Gasteiger partial charge on any atom is 0.228 e. The van der Waals surface area contributed by atoms with Gasteiger partial charge in [0.25, 0.3) is 0 Å². The fraction of sp³-hybridized carbons (Fsp3) is 0.529. The molecule has 2 heterocycles. The quantitative estimate of drug-likeness (QED) is 0.566. The lowest BCUT2D eigenvalue weighted by Gasteiger charge is -2.27. The molecule has 3 rings (SSSR count). The van der Waals surface area contributed by atoms with E-state index in [0.717, 1.165) is 61.0 Å². The summed E-state index contributed by atoms with van der Waals surface area (Å²) in [4.78, 5) is 2.24. The van der Waals surface area contributed by atoms with Gasteiger partial charge >= 0.3 is 0 Å². The van der Waals surface area contributed by atoms with Gasteiger partial charge in [-0.05, 0) is 25.5 Å². The number of morpholine rings is 1. The van der Waals surface area contributed by atoms with E-state index in [1.807, 2.05) is 18.2 Å². The molecule has 0 spiro atoms. The molecule has 24 heavy (non-hydrogen) atoms. The number of anilines is 1. The number of aromatic nitrogens is 3. The van der Waals surface area contributed by atoms with Crippen LogP contribution in [-0.4, -0.2) is 53.4 Å². The molecule has 0 bridgehead atoms. The van der Waals surface area contributed by atoms with Crippen molar-refractivity contribution in [2.75, 3.05) is 43.6 Å². The van der Waals surface area contributed by atoms with Gasteiger partial charge in [-0.1, -0.05) is 30.0 Å². The predicted octanol–water partition coefficient (Wildman–Crippen LogP) is 2.61. The van der Waals surface area contributed by atoms with Crippen LogP contribution in [0.2, 0.25) is 0 Å². The highest BCUT2D eigenvalue weighted by molar-refractivity contribution is 7.99. The van der Waals surface area contributed by atoms with E-state index in [0.29, 0.717) is 6.61 Å². The Bertz CT molecular complexity index is 656. The van der Waals surface area contributed by atoms with Crippen molar-refractivity contribution in [1.82, 2.24) is 14.8 Å². The minimum atomic E-state index is 0.652. The molecule has 130 valence electrons. The molecule has 0 N–H and O–H groups in total. The molecule has 1 saturated heterocycles. The van der Waals surface area contributed by atoms with Gasteiger partial charge in [-0.2, -0.15) is 0 Å². The molecule has 0 saturated carbocycles. The molecule has 1 aromatic heterocycles. The third-order valence-corrected chi connectivity index (χ3v) is 4.90. The van der Waals surface area contributed by atoms with E-state index < -0.39 is 0 Å². The molecule has 2 aromatic rings. The number of nitrogens with zero attached hydrogens (tertiary/aromatic N) is 4. The lowest BCUT2D eigenvalue weighted by Crippen LogP contribution is -2.38. The van der Waals surface area contributed by atoms with Gasteiger partial charge in [0.1, 0.15) is 5.75 Å². The van der Waals surface area contributed by atoms with E-state index in [2.05, 4.69) is 39.6 Å². The van der Waals surface area contributed by atoms with Crippen molar-refractivity contribution in [3.63, 3.8) is 0 Å². The summed E-state index contributed by atoms with van der Waals surface area (Å²) in [7, 11) is 0. The summed E-state index contributed by atoms with van der Waals surface area (Å²) in [5.41, 5.74) is 1.16. The van der Waals surface area contributed by atoms with Crippen LogP contribution >= 0.6 is 11.8 Å². The fourth-order valence-electron chi connectivity index (χ4n) is 2.66. The molecule has 1 aromatic carbocycles. The topological polar surface area (TPSA) is 52.4 Å². The van der Waals surface area contributed by atoms with Crippen LogP contribution in [0.15, 0.2) is 29.4 Å². The lowest BCUT2D eigenvalue weighted by atomic mass is 10.2. The Labute approximate surface area is 147 Å². The third kappa shape index (κ3) is 4.02. The molecular weight excluding hydrogens is 324 g/mol. The van der Waals surface area contributed by atoms with Crippen molar-refractivity contribution in [1.29, 1.82) is 0 Å². The molecule has 0 aliphatic carbocycles. The summed E-state index contributed by atoms with van der Waals surface area (Å²) in [6.45, 7) is 8.96. The maximum absolute atomic E-state index is 5.85. The first-order chi connectivity index (χ1) is 11.8. The van der Waals surface area contributed by atoms with E-state index in [1.165, 1.54) is 0 Å². The van der Waals surface area contributed by atoms with Gasteiger partial charge in [0.05, 0.1) is 19.8 Å². The summed E-state index contributed by atoms with van der Waals surface area (Å²) in [6, 6.07) is 8.08. The van der Waals surface area contributed by atoms with Crippen molar-refractivity contribution in [2.45, 2.75) is 25.5 Å². The molecular formula is C17H24N4O2S. The Morgan fingerprint density at radius 3 is 2.75 bits per heavy atom. The van der Waals surface area contributed by atoms with Crippen LogP contribution in [0.5, 0.6) is 5.75 Å². The minimum absolute atomic E-state index is 0.652. The van der Waals surface area contributed by atoms with Crippen LogP contribution in [-0.2, 0) is 11.3 Å². The van der Waals surface area contributed by atoms with Crippen molar-refractivity contribution in [3.8, 4) is 5.75 Å². The van der Waals surface area contributed by atoms with Gasteiger partial charge in [-0.15, -0.1) is 10.2 Å². The highest BCUT2D eigenvalue weighted by atomic mass is 32.2. The second kappa shape index (κ2) is 8.39. The van der Waals surface area contributed by atoms with E-state index >= 15 is 0 Å². The van der Waals surface area contributed by atoms with E-state index in [1.54, 1.807) is 11.8 Å². The second-order valence-corrected chi connectivity index (χ2v) is 6.65. The highest BCUT2D eigenvalue weighted by Crippen LogP contribution is 2.23. The Kier molecular flexibility index (Phi) is 5.98. The number of hydrogen-bond acceptors (Lipinski definition) is 6. The van der Waals surface area contributed by atoms with E-state index in [4.69, 9.17) is 9.47 Å². The zero-order chi connectivity index (χ0) is 16.8. The van der Waals surface area contributed by atoms with Gasteiger partial charge in [0, 0.05) is 25.4 Å². The van der Waals surface area contributed by atoms with Crippen LogP contribution < -0.4 is 9.64 Å². The predicted molar refractivity (Wildman–Crippen MR) is 96.1 cm³/mol. The summed E-state index contributed by atoms with van der Waals surface area (Å²) in [5, 5.41) is 9.70. The van der Waals surface area contributed by atoms with Crippen LogP contribution in [0.25, 0.3) is 0 Å². The van der Waals surface area contributed by atoms with Gasteiger partial charge < -0.3 is 14.4 Å². The van der Waals surface area contributed by atoms with Gasteiger partial charge in [-0.25, -0.2) is 0 Å². The van der Waals surface area contributed by atoms with Crippen LogP contribution in [0.3, 0.4) is 0 Å². The molecule has 0 unspecified atom stereocenters. The number of benzene rings is 1. The number of thioether (sulfide) groups is 1. The first-order valence-corrected chi connectivity index (χ1v) is 9.35. The van der Waals surface area contributed by atoms with Gasteiger partial charge in [0.2, 0.25) is 5.95 Å². The Morgan fingerprint density at radius 2 is 2.00 bits per heavy atom. The number of rotatable bonds is 7. The van der Waals surface area contributed by atoms with Crippen LogP contribution in [0.4, 0.5) is 5.95 Å². The average molecular weight is 348 g/mol. The molecule has 7 heteroatoms. The second-order valence-electron chi connectivity index (χ2n) is 5.59. The normalized spacial score (nSPS) is 14.8. The third-order valence-electron chi connectivity index (χ3n) is 3.97. The number of para-hydroxylation sites is 1. The number of hydrogen-bond donors (Lipinski definition) is 0. The SMILES string of the molecule is CCn1c(SCCOc2ccccc2C)nnc1N1CCOCC1. The van der Waals surface area contributed by atoms with Gasteiger partial charge in [0.15, 0.2) is 5.16 Å². The zero-order valence-corrected chi connectivity index (χ0v) is 15.1. The molecule has 1 aliphatic rings. The average Bonchev–Trinajstić information content (AvgIpc) is 3.04. The van der Waals surface area contributed by atoms with Crippen molar-refractivity contribution >= 4 is 17.7 Å². The highest BCUT2D eigenvalue weighted by Gasteiger charge is 2.19. The maximum atomic E-state index is 5.85. The molecule has 6 nitrogen and oxygen atoms in total. The van der Waals surface area contributed by atoms with Crippen LogP contribution in [0.1, 0.15) is 12.5 Å². The molecule has 0 radical (unpaired) electrons. The number of aryl methyl sites for hydroxylation is 1. The van der Waals surface area contributed by atoms with Crippen LogP contribution in [0, 0.1) is 6.92 Å². The Morgan fingerprint density at radius 1 is 1.21 bits per heavy atom. The zero-order valence-electron chi connectivity index (χ0n) is 14.3.